The van der Waals surface area contributed by atoms with E-state index in [0.29, 0.717) is 23.7 Å². The first-order chi connectivity index (χ1) is 16.0. The number of thiazole rings is 1. The number of fused-ring (bicyclic) bond motifs is 1. The molecule has 1 fully saturated rings. The molecule has 33 heavy (non-hydrogen) atoms. The Morgan fingerprint density at radius 2 is 2.09 bits per heavy atom. The van der Waals surface area contributed by atoms with Crippen molar-refractivity contribution in [3.63, 3.8) is 0 Å². The molecule has 10 heteroatoms. The number of halogens is 2. The van der Waals surface area contributed by atoms with E-state index in [-0.39, 0.29) is 24.4 Å². The number of hydrogen-bond donors (Lipinski definition) is 1. The third-order valence-corrected chi connectivity index (χ3v) is 6.27. The summed E-state index contributed by atoms with van der Waals surface area (Å²) in [7, 11) is 0. The molecule has 7 nitrogen and oxygen atoms in total. The molecule has 1 N–H and O–H groups in total. The second-order valence-electron chi connectivity index (χ2n) is 7.68. The number of aromatic nitrogens is 1. The molecule has 0 aliphatic carbocycles. The highest BCUT2D eigenvalue weighted by atomic mass is 32.1. The summed E-state index contributed by atoms with van der Waals surface area (Å²) in [5.41, 5.74) is 3.11. The van der Waals surface area contributed by atoms with E-state index in [4.69, 9.17) is 14.5 Å². The Morgan fingerprint density at radius 1 is 1.24 bits per heavy atom. The Morgan fingerprint density at radius 3 is 2.85 bits per heavy atom. The van der Waals surface area contributed by atoms with Gasteiger partial charge in [0.2, 0.25) is 0 Å². The minimum absolute atomic E-state index is 0.00792. The van der Waals surface area contributed by atoms with Crippen LogP contribution in [0.25, 0.3) is 11.3 Å². The monoisotopic (exact) mass is 473 g/mol. The van der Waals surface area contributed by atoms with Crippen LogP contribution in [0.4, 0.5) is 20.2 Å². The molecular weight excluding hydrogens is 452 g/mol. The van der Waals surface area contributed by atoms with E-state index in [1.807, 2.05) is 23.6 Å². The van der Waals surface area contributed by atoms with Crippen molar-refractivity contribution < 1.29 is 27.8 Å². The SMILES string of the molecule is O=C1COc2ccc(-c3csc(=Nc4ccc(OC(F)F)cc4)n3C[C@H]3CCCO3)cc2N1. The second-order valence-corrected chi connectivity index (χ2v) is 8.52. The number of rotatable bonds is 6. The minimum atomic E-state index is -2.87. The number of carbonyl (C=O) groups is 1. The molecule has 1 amide bonds. The van der Waals surface area contributed by atoms with Crippen LogP contribution in [0, 0.1) is 0 Å². The van der Waals surface area contributed by atoms with E-state index >= 15 is 0 Å². The quantitative estimate of drug-likeness (QED) is 0.570. The van der Waals surface area contributed by atoms with Crippen molar-refractivity contribution in [1.29, 1.82) is 0 Å². The number of carbonyl (C=O) groups excluding carboxylic acids is 1. The standard InChI is InChI=1S/C23H21F2N3O4S/c24-22(25)32-16-6-4-15(5-7-16)26-23-28(11-17-2-1-9-30-17)19(13-33-23)14-3-8-20-18(10-14)27-21(29)12-31-20/h3-8,10,13,17,22H,1-2,9,11-12H2,(H,27,29)/t17-/m1/s1. The molecule has 2 aliphatic rings. The molecule has 1 aromatic heterocycles. The molecule has 2 aliphatic heterocycles. The van der Waals surface area contributed by atoms with Gasteiger partial charge in [-0.1, -0.05) is 0 Å². The molecule has 0 spiro atoms. The first kappa shape index (κ1) is 21.6. The molecule has 1 saturated heterocycles. The van der Waals surface area contributed by atoms with Gasteiger partial charge >= 0.3 is 6.61 Å². The smallest absolute Gasteiger partial charge is 0.387 e. The molecule has 3 heterocycles. The molecule has 0 radical (unpaired) electrons. The minimum Gasteiger partial charge on any atom is -0.482 e. The van der Waals surface area contributed by atoms with Gasteiger partial charge < -0.3 is 24.1 Å². The van der Waals surface area contributed by atoms with Gasteiger partial charge in [0.25, 0.3) is 5.91 Å². The van der Waals surface area contributed by atoms with Crippen LogP contribution in [0.1, 0.15) is 12.8 Å². The number of ether oxygens (including phenoxy) is 3. The predicted molar refractivity (Wildman–Crippen MR) is 119 cm³/mol. The van der Waals surface area contributed by atoms with Gasteiger partial charge in [0.15, 0.2) is 11.4 Å². The fraction of sp³-hybridized carbons (Fsp3) is 0.304. The van der Waals surface area contributed by atoms with E-state index in [9.17, 15) is 13.6 Å². The van der Waals surface area contributed by atoms with Crippen molar-refractivity contribution >= 4 is 28.6 Å². The average Bonchev–Trinajstić information content (AvgIpc) is 3.45. The predicted octanol–water partition coefficient (Wildman–Crippen LogP) is 4.56. The normalized spacial score (nSPS) is 18.2. The molecule has 0 unspecified atom stereocenters. The van der Waals surface area contributed by atoms with Crippen LogP contribution in [0.15, 0.2) is 52.8 Å². The van der Waals surface area contributed by atoms with Crippen LogP contribution in [-0.2, 0) is 16.1 Å². The molecule has 0 bridgehead atoms. The first-order valence-corrected chi connectivity index (χ1v) is 11.4. The van der Waals surface area contributed by atoms with Crippen LogP contribution >= 0.6 is 11.3 Å². The lowest BCUT2D eigenvalue weighted by Gasteiger charge is -2.19. The zero-order chi connectivity index (χ0) is 22.8. The lowest BCUT2D eigenvalue weighted by atomic mass is 10.1. The van der Waals surface area contributed by atoms with Crippen molar-refractivity contribution in [3.05, 3.63) is 52.6 Å². The summed E-state index contributed by atoms with van der Waals surface area (Å²) in [6.07, 6.45) is 2.07. The lowest BCUT2D eigenvalue weighted by molar-refractivity contribution is -0.118. The highest BCUT2D eigenvalue weighted by Gasteiger charge is 2.21. The zero-order valence-electron chi connectivity index (χ0n) is 17.5. The number of nitrogens with one attached hydrogen (secondary N) is 1. The third kappa shape index (κ3) is 4.91. The van der Waals surface area contributed by atoms with Crippen LogP contribution in [-0.4, -0.2) is 36.4 Å². The van der Waals surface area contributed by atoms with Crippen molar-refractivity contribution in [2.45, 2.75) is 32.1 Å². The van der Waals surface area contributed by atoms with Gasteiger partial charge in [0.05, 0.1) is 29.7 Å². The van der Waals surface area contributed by atoms with Crippen molar-refractivity contribution in [3.8, 4) is 22.8 Å². The summed E-state index contributed by atoms with van der Waals surface area (Å²) < 4.78 is 42.7. The summed E-state index contributed by atoms with van der Waals surface area (Å²) in [5.74, 6) is 0.531. The van der Waals surface area contributed by atoms with Gasteiger partial charge in [-0.3, -0.25) is 4.79 Å². The summed E-state index contributed by atoms with van der Waals surface area (Å²) in [5, 5.41) is 4.85. The number of hydrogen-bond acceptors (Lipinski definition) is 6. The topological polar surface area (TPSA) is 74.1 Å². The molecule has 2 aromatic carbocycles. The molecule has 172 valence electrons. The summed E-state index contributed by atoms with van der Waals surface area (Å²) in [6, 6.07) is 11.9. The van der Waals surface area contributed by atoms with E-state index in [0.717, 1.165) is 35.5 Å². The molecule has 1 atom stereocenters. The maximum atomic E-state index is 12.4. The maximum absolute atomic E-state index is 12.4. The summed E-state index contributed by atoms with van der Waals surface area (Å²) >= 11 is 1.47. The highest BCUT2D eigenvalue weighted by molar-refractivity contribution is 7.07. The Kier molecular flexibility index (Phi) is 6.10. The largest absolute Gasteiger partial charge is 0.482 e. The maximum Gasteiger partial charge on any atom is 0.387 e. The second kappa shape index (κ2) is 9.32. The van der Waals surface area contributed by atoms with Crippen LogP contribution in [0.5, 0.6) is 11.5 Å². The summed E-state index contributed by atoms with van der Waals surface area (Å²) in [4.78, 5) is 17.2. The zero-order valence-corrected chi connectivity index (χ0v) is 18.3. The van der Waals surface area contributed by atoms with E-state index in [2.05, 4.69) is 14.6 Å². The van der Waals surface area contributed by atoms with Gasteiger partial charge in [0, 0.05) is 17.6 Å². The number of anilines is 1. The van der Waals surface area contributed by atoms with E-state index in [1.165, 1.54) is 23.5 Å². The summed E-state index contributed by atoms with van der Waals surface area (Å²) in [6.45, 7) is -1.49. The van der Waals surface area contributed by atoms with Crippen LogP contribution in [0.3, 0.4) is 0 Å². The Balaban J connectivity index is 1.52. The van der Waals surface area contributed by atoms with Crippen molar-refractivity contribution in [2.75, 3.05) is 18.5 Å². The van der Waals surface area contributed by atoms with Gasteiger partial charge in [-0.15, -0.1) is 11.3 Å². The molecule has 5 rings (SSSR count). The lowest BCUT2D eigenvalue weighted by Crippen LogP contribution is -2.25. The van der Waals surface area contributed by atoms with Crippen molar-refractivity contribution in [2.24, 2.45) is 4.99 Å². The highest BCUT2D eigenvalue weighted by Crippen LogP contribution is 2.33. The number of amides is 1. The van der Waals surface area contributed by atoms with Crippen molar-refractivity contribution in [1.82, 2.24) is 4.57 Å². The first-order valence-electron chi connectivity index (χ1n) is 10.5. The Bertz CT molecular complexity index is 1220. The van der Waals surface area contributed by atoms with Gasteiger partial charge in [-0.2, -0.15) is 8.78 Å². The Hall–Kier alpha value is -3.24. The van der Waals surface area contributed by atoms with E-state index < -0.39 is 6.61 Å². The fourth-order valence-corrected chi connectivity index (χ4v) is 4.81. The molecule has 3 aromatic rings. The van der Waals surface area contributed by atoms with Gasteiger partial charge in [0.1, 0.15) is 11.5 Å². The Labute approximate surface area is 192 Å². The molecule has 0 saturated carbocycles. The number of benzene rings is 2. The van der Waals surface area contributed by atoms with Crippen LogP contribution in [0.2, 0.25) is 0 Å². The average molecular weight is 474 g/mol. The van der Waals surface area contributed by atoms with Gasteiger partial charge in [-0.05, 0) is 55.3 Å². The number of alkyl halides is 2. The molecular formula is C23H21F2N3O4S. The number of nitrogens with zero attached hydrogens (tertiary/aromatic N) is 2. The fourth-order valence-electron chi connectivity index (χ4n) is 3.87. The third-order valence-electron chi connectivity index (χ3n) is 5.40. The van der Waals surface area contributed by atoms with E-state index in [1.54, 1.807) is 12.1 Å². The van der Waals surface area contributed by atoms with Gasteiger partial charge in [-0.25, -0.2) is 4.99 Å². The van der Waals surface area contributed by atoms with Crippen LogP contribution < -0.4 is 19.6 Å².